The second-order valence-corrected chi connectivity index (χ2v) is 4.69. The van der Waals surface area contributed by atoms with Crippen molar-refractivity contribution in [1.29, 1.82) is 0 Å². The molecule has 14 heavy (non-hydrogen) atoms. The Morgan fingerprint density at radius 1 is 1.64 bits per heavy atom. The number of ether oxygens (including phenoxy) is 2. The maximum Gasteiger partial charge on any atom is 0.317 e. The molecule has 1 heterocycles. The minimum Gasteiger partial charge on any atom is -0.498 e. The summed E-state index contributed by atoms with van der Waals surface area (Å²) in [5, 5.41) is 0. The number of rotatable bonds is 3. The third-order valence-electron chi connectivity index (χ3n) is 1.76. The number of esters is 1. The van der Waals surface area contributed by atoms with Gasteiger partial charge in [0.2, 0.25) is 0 Å². The van der Waals surface area contributed by atoms with Gasteiger partial charge in [0, 0.05) is 5.75 Å². The maximum atomic E-state index is 11.2. The molecule has 0 aromatic carbocycles. The van der Waals surface area contributed by atoms with Crippen LogP contribution in [0.5, 0.6) is 0 Å². The van der Waals surface area contributed by atoms with Gasteiger partial charge in [-0.15, -0.1) is 11.8 Å². The molecular formula is C7H10O5S2. The lowest BCUT2D eigenvalue weighted by Gasteiger charge is -2.10. The smallest absolute Gasteiger partial charge is 0.317 e. The molecule has 0 aliphatic carbocycles. The van der Waals surface area contributed by atoms with Crippen LogP contribution in [0, 0.1) is 5.92 Å². The van der Waals surface area contributed by atoms with Gasteiger partial charge >= 0.3 is 5.97 Å². The van der Waals surface area contributed by atoms with E-state index in [0.29, 0.717) is 5.75 Å². The molecule has 5 nitrogen and oxygen atoms in total. The van der Waals surface area contributed by atoms with Gasteiger partial charge in [-0.2, -0.15) is 0 Å². The summed E-state index contributed by atoms with van der Waals surface area (Å²) in [4.78, 5) is 11.2. The zero-order chi connectivity index (χ0) is 10.7. The summed E-state index contributed by atoms with van der Waals surface area (Å²) in [6.07, 6.45) is 0. The molecule has 0 saturated heterocycles. The van der Waals surface area contributed by atoms with Crippen LogP contribution in [0.2, 0.25) is 0 Å². The Kier molecular flexibility index (Phi) is 3.97. The first-order valence-corrected chi connectivity index (χ1v) is 5.80. The van der Waals surface area contributed by atoms with E-state index in [1.165, 1.54) is 14.2 Å². The van der Waals surface area contributed by atoms with Crippen molar-refractivity contribution in [2.75, 3.05) is 20.0 Å². The van der Waals surface area contributed by atoms with Crippen LogP contribution in [0.4, 0.5) is 0 Å². The van der Waals surface area contributed by atoms with Gasteiger partial charge in [0.15, 0.2) is 11.1 Å². The predicted octanol–water partition coefficient (Wildman–Crippen LogP) is 0.560. The van der Waals surface area contributed by atoms with Crippen LogP contribution in [0.3, 0.4) is 0 Å². The van der Waals surface area contributed by atoms with Crippen LogP contribution in [0.15, 0.2) is 10.00 Å². The van der Waals surface area contributed by atoms with Crippen molar-refractivity contribution in [3.63, 3.8) is 0 Å². The standard InChI is InChI=1S/C7H10O5S2/c1-11-5-4(6(8)12-2)3-13-7(5)14(9)10/h4H,3H2,1-2H3,(H,9,10). The van der Waals surface area contributed by atoms with E-state index in [9.17, 15) is 9.00 Å². The molecule has 1 rings (SSSR count). The maximum absolute atomic E-state index is 11.2. The van der Waals surface area contributed by atoms with E-state index in [0.717, 1.165) is 11.8 Å². The quantitative estimate of drug-likeness (QED) is 0.572. The molecule has 2 atom stereocenters. The lowest BCUT2D eigenvalue weighted by molar-refractivity contribution is -0.144. The lowest BCUT2D eigenvalue weighted by atomic mass is 10.1. The molecule has 0 fully saturated rings. The van der Waals surface area contributed by atoms with Crippen molar-refractivity contribution < 1.29 is 23.0 Å². The van der Waals surface area contributed by atoms with E-state index in [1.807, 2.05) is 0 Å². The Morgan fingerprint density at radius 3 is 2.71 bits per heavy atom. The third-order valence-corrected chi connectivity index (χ3v) is 4.03. The topological polar surface area (TPSA) is 72.8 Å². The number of hydrogen-bond acceptors (Lipinski definition) is 5. The van der Waals surface area contributed by atoms with E-state index < -0.39 is 23.0 Å². The highest BCUT2D eigenvalue weighted by Crippen LogP contribution is 2.38. The van der Waals surface area contributed by atoms with Crippen molar-refractivity contribution in [2.45, 2.75) is 0 Å². The number of hydrogen-bond donors (Lipinski definition) is 1. The summed E-state index contributed by atoms with van der Waals surface area (Å²) in [6.45, 7) is 0. The van der Waals surface area contributed by atoms with Crippen molar-refractivity contribution in [1.82, 2.24) is 0 Å². The van der Waals surface area contributed by atoms with Crippen molar-refractivity contribution in [3.8, 4) is 0 Å². The average Bonchev–Trinajstić information content (AvgIpc) is 2.59. The van der Waals surface area contributed by atoms with Gasteiger partial charge in [-0.1, -0.05) is 0 Å². The molecule has 0 spiro atoms. The molecule has 1 aliphatic rings. The second kappa shape index (κ2) is 4.81. The van der Waals surface area contributed by atoms with Crippen LogP contribution in [-0.2, 0) is 25.3 Å². The van der Waals surface area contributed by atoms with Crippen LogP contribution in [0.25, 0.3) is 0 Å². The van der Waals surface area contributed by atoms with Gasteiger partial charge in [-0.3, -0.25) is 4.79 Å². The van der Waals surface area contributed by atoms with E-state index in [4.69, 9.17) is 9.29 Å². The summed E-state index contributed by atoms with van der Waals surface area (Å²) in [5.41, 5.74) is 0. The van der Waals surface area contributed by atoms with Gasteiger partial charge in [0.25, 0.3) is 0 Å². The van der Waals surface area contributed by atoms with Gasteiger partial charge < -0.3 is 14.0 Å². The van der Waals surface area contributed by atoms with Crippen LogP contribution in [0.1, 0.15) is 0 Å². The fourth-order valence-corrected chi connectivity index (χ4v) is 3.11. The minimum atomic E-state index is -2.10. The molecule has 1 aliphatic heterocycles. The van der Waals surface area contributed by atoms with E-state index in [-0.39, 0.29) is 10.00 Å². The van der Waals surface area contributed by atoms with E-state index >= 15 is 0 Å². The van der Waals surface area contributed by atoms with Crippen molar-refractivity contribution in [3.05, 3.63) is 10.00 Å². The summed E-state index contributed by atoms with van der Waals surface area (Å²) in [6, 6.07) is 0. The first kappa shape index (κ1) is 11.5. The normalized spacial score (nSPS) is 23.5. The fraction of sp³-hybridized carbons (Fsp3) is 0.571. The summed E-state index contributed by atoms with van der Waals surface area (Å²) < 4.78 is 29.4. The van der Waals surface area contributed by atoms with Gasteiger partial charge in [-0.25, -0.2) is 4.21 Å². The predicted molar refractivity (Wildman–Crippen MR) is 52.8 cm³/mol. The van der Waals surface area contributed by atoms with Crippen LogP contribution < -0.4 is 0 Å². The van der Waals surface area contributed by atoms with Crippen LogP contribution >= 0.6 is 11.8 Å². The van der Waals surface area contributed by atoms with Gasteiger partial charge in [-0.05, 0) is 0 Å². The van der Waals surface area contributed by atoms with Crippen molar-refractivity contribution >= 4 is 28.8 Å². The molecule has 2 unspecified atom stereocenters. The number of thioether (sulfide) groups is 1. The first-order chi connectivity index (χ1) is 6.61. The molecule has 0 aromatic rings. The fourth-order valence-electron chi connectivity index (χ4n) is 1.13. The second-order valence-electron chi connectivity index (χ2n) is 2.49. The number of methoxy groups -OCH3 is 2. The zero-order valence-corrected chi connectivity index (χ0v) is 9.31. The zero-order valence-electron chi connectivity index (χ0n) is 7.68. The van der Waals surface area contributed by atoms with Crippen molar-refractivity contribution in [2.24, 2.45) is 5.92 Å². The Morgan fingerprint density at radius 2 is 2.29 bits per heavy atom. The highest BCUT2D eigenvalue weighted by molar-refractivity contribution is 8.15. The molecule has 0 radical (unpaired) electrons. The molecule has 1 N–H and O–H groups in total. The molecule has 0 amide bonds. The SMILES string of the molecule is COC(=O)C1CSC(S(=O)O)=C1OC. The molecule has 80 valence electrons. The monoisotopic (exact) mass is 238 g/mol. The Hall–Kier alpha value is -0.530. The molecular weight excluding hydrogens is 228 g/mol. The minimum absolute atomic E-state index is 0.197. The summed E-state index contributed by atoms with van der Waals surface area (Å²) in [7, 11) is 2.64. The molecule has 0 aromatic heterocycles. The highest BCUT2D eigenvalue weighted by atomic mass is 32.2. The Bertz CT molecular complexity index is 298. The molecule has 7 heteroatoms. The van der Waals surface area contributed by atoms with E-state index in [1.54, 1.807) is 0 Å². The largest absolute Gasteiger partial charge is 0.498 e. The molecule has 0 saturated carbocycles. The van der Waals surface area contributed by atoms with E-state index in [2.05, 4.69) is 4.74 Å². The van der Waals surface area contributed by atoms with Gasteiger partial charge in [0.1, 0.15) is 15.9 Å². The molecule has 0 bridgehead atoms. The third kappa shape index (κ3) is 2.10. The lowest BCUT2D eigenvalue weighted by Crippen LogP contribution is -2.19. The summed E-state index contributed by atoms with van der Waals surface area (Å²) in [5.74, 6) is -0.393. The number of carbonyl (C=O) groups is 1. The first-order valence-electron chi connectivity index (χ1n) is 3.71. The number of carbonyl (C=O) groups excluding carboxylic acids is 1. The Labute approximate surface area is 88.1 Å². The van der Waals surface area contributed by atoms with Gasteiger partial charge in [0.05, 0.1) is 14.2 Å². The highest BCUT2D eigenvalue weighted by Gasteiger charge is 2.36. The summed E-state index contributed by atoms with van der Waals surface area (Å²) >= 11 is -0.962. The van der Waals surface area contributed by atoms with Crippen LogP contribution in [-0.4, -0.2) is 34.7 Å². The Balaban J connectivity index is 2.94. The average molecular weight is 238 g/mol.